The SMILES string of the molecule is O=S(=O)(Cc1ccc(Cl)s1)Cc1c(F)cccc1Cl. The third-order valence-electron chi connectivity index (χ3n) is 2.42. The molecule has 0 bridgehead atoms. The maximum atomic E-state index is 13.6. The molecule has 102 valence electrons. The number of benzene rings is 1. The fraction of sp³-hybridized carbons (Fsp3) is 0.167. The summed E-state index contributed by atoms with van der Waals surface area (Å²) in [5.74, 6) is -1.21. The topological polar surface area (TPSA) is 34.1 Å². The first-order valence-corrected chi connectivity index (χ1v) is 8.64. The van der Waals surface area contributed by atoms with E-state index in [-0.39, 0.29) is 16.3 Å². The quantitative estimate of drug-likeness (QED) is 0.832. The molecule has 2 aromatic rings. The Morgan fingerprint density at radius 1 is 1.11 bits per heavy atom. The zero-order valence-corrected chi connectivity index (χ0v) is 12.7. The Morgan fingerprint density at radius 3 is 2.42 bits per heavy atom. The summed E-state index contributed by atoms with van der Waals surface area (Å²) in [5, 5.41) is 0.118. The van der Waals surface area contributed by atoms with Crippen molar-refractivity contribution < 1.29 is 12.8 Å². The molecule has 0 aliphatic rings. The predicted octanol–water partition coefficient (Wildman–Crippen LogP) is 4.31. The number of hydrogen-bond donors (Lipinski definition) is 0. The van der Waals surface area contributed by atoms with Crippen molar-refractivity contribution in [3.05, 3.63) is 55.9 Å². The molecule has 0 radical (unpaired) electrons. The van der Waals surface area contributed by atoms with Crippen LogP contribution in [0.2, 0.25) is 9.36 Å². The molecule has 0 amide bonds. The van der Waals surface area contributed by atoms with Gasteiger partial charge in [-0.3, -0.25) is 0 Å². The number of rotatable bonds is 4. The third-order valence-corrected chi connectivity index (χ3v) is 5.66. The summed E-state index contributed by atoms with van der Waals surface area (Å²) in [6, 6.07) is 7.38. The standard InChI is InChI=1S/C12H9Cl2FO2S2/c13-10-2-1-3-11(15)9(10)7-19(16,17)6-8-4-5-12(14)18-8/h1-5H,6-7H2. The second kappa shape index (κ2) is 5.79. The summed E-state index contributed by atoms with van der Waals surface area (Å²) in [6.07, 6.45) is 0. The minimum atomic E-state index is -3.49. The molecule has 0 saturated carbocycles. The lowest BCUT2D eigenvalue weighted by Crippen LogP contribution is -2.08. The van der Waals surface area contributed by atoms with E-state index in [0.29, 0.717) is 9.21 Å². The Balaban J connectivity index is 2.22. The first-order valence-electron chi connectivity index (χ1n) is 5.25. The fourth-order valence-corrected chi connectivity index (χ4v) is 4.92. The van der Waals surface area contributed by atoms with Crippen LogP contribution in [0.5, 0.6) is 0 Å². The van der Waals surface area contributed by atoms with Crippen molar-refractivity contribution >= 4 is 44.4 Å². The summed E-state index contributed by atoms with van der Waals surface area (Å²) in [4.78, 5) is 0.623. The summed E-state index contributed by atoms with van der Waals surface area (Å²) in [5.41, 5.74) is 0.00631. The molecule has 1 aromatic heterocycles. The second-order valence-corrected chi connectivity index (χ2v) is 8.21. The van der Waals surface area contributed by atoms with E-state index in [9.17, 15) is 12.8 Å². The Kier molecular flexibility index (Phi) is 4.50. The lowest BCUT2D eigenvalue weighted by Gasteiger charge is -2.06. The lowest BCUT2D eigenvalue weighted by molar-refractivity contribution is 0.586. The van der Waals surface area contributed by atoms with Gasteiger partial charge in [0.1, 0.15) is 5.82 Å². The van der Waals surface area contributed by atoms with Crippen LogP contribution >= 0.6 is 34.5 Å². The molecule has 0 spiro atoms. The van der Waals surface area contributed by atoms with E-state index in [2.05, 4.69) is 0 Å². The molecular formula is C12H9Cl2FO2S2. The van der Waals surface area contributed by atoms with Crippen molar-refractivity contribution in [1.82, 2.24) is 0 Å². The molecule has 0 atom stereocenters. The maximum Gasteiger partial charge on any atom is 0.159 e. The number of sulfone groups is 1. The van der Waals surface area contributed by atoms with Gasteiger partial charge in [0.05, 0.1) is 15.8 Å². The van der Waals surface area contributed by atoms with E-state index < -0.39 is 21.4 Å². The fourth-order valence-electron chi connectivity index (χ4n) is 1.59. The van der Waals surface area contributed by atoms with Crippen molar-refractivity contribution in [3.8, 4) is 0 Å². The molecular weight excluding hydrogens is 330 g/mol. The van der Waals surface area contributed by atoms with E-state index >= 15 is 0 Å². The average molecular weight is 339 g/mol. The van der Waals surface area contributed by atoms with Gasteiger partial charge in [0.2, 0.25) is 0 Å². The highest BCUT2D eigenvalue weighted by Gasteiger charge is 2.19. The Morgan fingerprint density at radius 2 is 1.84 bits per heavy atom. The zero-order chi connectivity index (χ0) is 14.0. The van der Waals surface area contributed by atoms with E-state index in [0.717, 1.165) is 0 Å². The largest absolute Gasteiger partial charge is 0.228 e. The van der Waals surface area contributed by atoms with E-state index in [4.69, 9.17) is 23.2 Å². The highest BCUT2D eigenvalue weighted by atomic mass is 35.5. The molecule has 0 aliphatic carbocycles. The van der Waals surface area contributed by atoms with Crippen molar-refractivity contribution in [1.29, 1.82) is 0 Å². The number of thiophene rings is 1. The van der Waals surface area contributed by atoms with Crippen LogP contribution in [0.25, 0.3) is 0 Å². The normalized spacial score (nSPS) is 11.7. The Labute approximate surface area is 124 Å². The minimum Gasteiger partial charge on any atom is -0.228 e. The van der Waals surface area contributed by atoms with Gasteiger partial charge in [0.25, 0.3) is 0 Å². The number of hydrogen-bond acceptors (Lipinski definition) is 3. The molecule has 0 unspecified atom stereocenters. The smallest absolute Gasteiger partial charge is 0.159 e. The van der Waals surface area contributed by atoms with Gasteiger partial charge in [-0.25, -0.2) is 12.8 Å². The van der Waals surface area contributed by atoms with Crippen LogP contribution in [0.1, 0.15) is 10.4 Å². The molecule has 0 saturated heterocycles. The van der Waals surface area contributed by atoms with Gasteiger partial charge in [-0.1, -0.05) is 29.3 Å². The molecule has 2 nitrogen and oxygen atoms in total. The van der Waals surface area contributed by atoms with Crippen molar-refractivity contribution in [3.63, 3.8) is 0 Å². The van der Waals surface area contributed by atoms with Gasteiger partial charge < -0.3 is 0 Å². The molecule has 7 heteroatoms. The van der Waals surface area contributed by atoms with Gasteiger partial charge in [0, 0.05) is 15.5 Å². The van der Waals surface area contributed by atoms with Gasteiger partial charge >= 0.3 is 0 Å². The van der Waals surface area contributed by atoms with E-state index in [1.165, 1.54) is 29.5 Å². The third kappa shape index (κ3) is 3.92. The van der Waals surface area contributed by atoms with Crippen molar-refractivity contribution in [2.75, 3.05) is 0 Å². The Hall–Kier alpha value is -0.620. The summed E-state index contributed by atoms with van der Waals surface area (Å²) < 4.78 is 38.1. The molecule has 19 heavy (non-hydrogen) atoms. The van der Waals surface area contributed by atoms with Crippen LogP contribution in [-0.4, -0.2) is 8.42 Å². The molecule has 1 aromatic carbocycles. The highest BCUT2D eigenvalue weighted by molar-refractivity contribution is 7.90. The lowest BCUT2D eigenvalue weighted by atomic mass is 10.2. The van der Waals surface area contributed by atoms with Crippen LogP contribution in [-0.2, 0) is 21.3 Å². The van der Waals surface area contributed by atoms with Crippen molar-refractivity contribution in [2.24, 2.45) is 0 Å². The van der Waals surface area contributed by atoms with Crippen LogP contribution in [0.4, 0.5) is 4.39 Å². The predicted molar refractivity (Wildman–Crippen MR) is 77.1 cm³/mol. The van der Waals surface area contributed by atoms with Crippen LogP contribution in [0, 0.1) is 5.82 Å². The van der Waals surface area contributed by atoms with Crippen LogP contribution in [0.3, 0.4) is 0 Å². The van der Waals surface area contributed by atoms with Crippen molar-refractivity contribution in [2.45, 2.75) is 11.5 Å². The molecule has 1 heterocycles. The van der Waals surface area contributed by atoms with Gasteiger partial charge in [-0.05, 0) is 24.3 Å². The first-order chi connectivity index (χ1) is 8.87. The summed E-state index contributed by atoms with van der Waals surface area (Å²) >= 11 is 12.8. The van der Waals surface area contributed by atoms with E-state index in [1.54, 1.807) is 12.1 Å². The molecule has 0 fully saturated rings. The Bertz CT molecular complexity index is 675. The maximum absolute atomic E-state index is 13.6. The van der Waals surface area contributed by atoms with Crippen LogP contribution < -0.4 is 0 Å². The molecule has 0 N–H and O–H groups in total. The number of halogens is 3. The molecule has 2 rings (SSSR count). The molecule has 0 aliphatic heterocycles. The van der Waals surface area contributed by atoms with Gasteiger partial charge in [-0.2, -0.15) is 0 Å². The highest BCUT2D eigenvalue weighted by Crippen LogP contribution is 2.26. The average Bonchev–Trinajstić information content (AvgIpc) is 2.69. The van der Waals surface area contributed by atoms with Gasteiger partial charge in [-0.15, -0.1) is 11.3 Å². The van der Waals surface area contributed by atoms with Crippen LogP contribution in [0.15, 0.2) is 30.3 Å². The monoisotopic (exact) mass is 338 g/mol. The minimum absolute atomic E-state index is 0.00631. The second-order valence-electron chi connectivity index (χ2n) is 3.94. The van der Waals surface area contributed by atoms with Gasteiger partial charge in [0.15, 0.2) is 9.84 Å². The summed E-state index contributed by atoms with van der Waals surface area (Å²) in [6.45, 7) is 0. The summed E-state index contributed by atoms with van der Waals surface area (Å²) in [7, 11) is -3.49. The first kappa shape index (κ1) is 14.8. The van der Waals surface area contributed by atoms with E-state index in [1.807, 2.05) is 0 Å². The zero-order valence-electron chi connectivity index (χ0n) is 9.57.